The molecule has 3 aliphatic rings. The summed E-state index contributed by atoms with van der Waals surface area (Å²) in [5, 5.41) is 9.61. The summed E-state index contributed by atoms with van der Waals surface area (Å²) in [5.74, 6) is -0.761. The fourth-order valence-electron chi connectivity index (χ4n) is 5.06. The molecule has 2 aliphatic carbocycles. The van der Waals surface area contributed by atoms with Gasteiger partial charge in [0.2, 0.25) is 0 Å². The average Bonchev–Trinajstić information content (AvgIpc) is 3.27. The van der Waals surface area contributed by atoms with Gasteiger partial charge in [0.25, 0.3) is 0 Å². The minimum atomic E-state index is -0.782. The molecule has 2 aromatic carbocycles. The molecule has 1 aliphatic heterocycles. The van der Waals surface area contributed by atoms with Gasteiger partial charge in [-0.1, -0.05) is 48.5 Å². The Kier molecular flexibility index (Phi) is 3.93. The molecule has 5 heteroatoms. The van der Waals surface area contributed by atoms with Crippen molar-refractivity contribution < 1.29 is 19.4 Å². The average molecular weight is 377 g/mol. The number of nitrogens with zero attached hydrogens (tertiary/aromatic N) is 1. The second-order valence-electron chi connectivity index (χ2n) is 8.12. The van der Waals surface area contributed by atoms with E-state index in [1.807, 2.05) is 24.3 Å². The van der Waals surface area contributed by atoms with Gasteiger partial charge in [0.15, 0.2) is 0 Å². The topological polar surface area (TPSA) is 66.8 Å². The van der Waals surface area contributed by atoms with Crippen LogP contribution in [-0.4, -0.2) is 41.3 Å². The van der Waals surface area contributed by atoms with Gasteiger partial charge in [-0.2, -0.15) is 0 Å². The largest absolute Gasteiger partial charge is 0.481 e. The van der Waals surface area contributed by atoms with Crippen molar-refractivity contribution in [1.82, 2.24) is 4.90 Å². The van der Waals surface area contributed by atoms with Crippen LogP contribution in [0.2, 0.25) is 0 Å². The van der Waals surface area contributed by atoms with Crippen LogP contribution < -0.4 is 0 Å². The number of fused-ring (bicyclic) bond motifs is 3. The minimum absolute atomic E-state index is 0.0202. The predicted molar refractivity (Wildman–Crippen MR) is 104 cm³/mol. The lowest BCUT2D eigenvalue weighted by Gasteiger charge is -2.29. The van der Waals surface area contributed by atoms with E-state index in [2.05, 4.69) is 24.3 Å². The molecule has 1 saturated heterocycles. The molecule has 5 rings (SSSR count). The molecule has 1 N–H and O–H groups in total. The molecule has 1 amide bonds. The Bertz CT molecular complexity index is 904. The van der Waals surface area contributed by atoms with Crippen LogP contribution >= 0.6 is 0 Å². The monoisotopic (exact) mass is 377 g/mol. The molecule has 1 atom stereocenters. The Morgan fingerprint density at radius 2 is 1.64 bits per heavy atom. The first kappa shape index (κ1) is 17.3. The fourth-order valence-corrected chi connectivity index (χ4v) is 5.06. The van der Waals surface area contributed by atoms with E-state index in [-0.39, 0.29) is 24.7 Å². The van der Waals surface area contributed by atoms with Crippen molar-refractivity contribution in [3.63, 3.8) is 0 Å². The van der Waals surface area contributed by atoms with E-state index in [1.54, 1.807) is 4.90 Å². The van der Waals surface area contributed by atoms with Gasteiger partial charge in [-0.05, 0) is 47.9 Å². The summed E-state index contributed by atoms with van der Waals surface area (Å²) in [5.41, 5.74) is 4.00. The van der Waals surface area contributed by atoms with Gasteiger partial charge in [0.05, 0.1) is 11.5 Å². The summed E-state index contributed by atoms with van der Waals surface area (Å²) < 4.78 is 5.75. The van der Waals surface area contributed by atoms with Crippen LogP contribution in [0.1, 0.15) is 42.7 Å². The molecule has 0 radical (unpaired) electrons. The summed E-state index contributed by atoms with van der Waals surface area (Å²) in [6, 6.07) is 16.2. The second kappa shape index (κ2) is 6.36. The molecule has 1 unspecified atom stereocenters. The highest BCUT2D eigenvalue weighted by molar-refractivity contribution is 5.81. The Labute approximate surface area is 163 Å². The second-order valence-corrected chi connectivity index (χ2v) is 8.12. The van der Waals surface area contributed by atoms with E-state index < -0.39 is 11.4 Å². The molecule has 0 aromatic heterocycles. The van der Waals surface area contributed by atoms with E-state index in [0.717, 1.165) is 12.8 Å². The Morgan fingerprint density at radius 3 is 2.21 bits per heavy atom. The molecular weight excluding hydrogens is 354 g/mol. The number of carboxylic acids is 1. The number of carbonyl (C=O) groups is 2. The summed E-state index contributed by atoms with van der Waals surface area (Å²) in [6.45, 7) is 0.854. The Hall–Kier alpha value is -2.82. The van der Waals surface area contributed by atoms with Gasteiger partial charge in [-0.15, -0.1) is 0 Å². The zero-order chi connectivity index (χ0) is 19.3. The van der Waals surface area contributed by atoms with Crippen molar-refractivity contribution in [1.29, 1.82) is 0 Å². The highest BCUT2D eigenvalue weighted by atomic mass is 16.6. The number of ether oxygens (including phenoxy) is 1. The Morgan fingerprint density at radius 1 is 1.04 bits per heavy atom. The highest BCUT2D eigenvalue weighted by Crippen LogP contribution is 2.53. The number of hydrogen-bond acceptors (Lipinski definition) is 3. The lowest BCUT2D eigenvalue weighted by atomic mass is 9.94. The van der Waals surface area contributed by atoms with Crippen LogP contribution in [0, 0.1) is 5.41 Å². The lowest BCUT2D eigenvalue weighted by Crippen LogP contribution is -2.44. The van der Waals surface area contributed by atoms with Gasteiger partial charge in [-0.25, -0.2) is 4.79 Å². The van der Waals surface area contributed by atoms with Gasteiger partial charge in [-0.3, -0.25) is 4.79 Å². The molecule has 1 saturated carbocycles. The van der Waals surface area contributed by atoms with Crippen LogP contribution in [0.3, 0.4) is 0 Å². The van der Waals surface area contributed by atoms with Crippen LogP contribution in [0.15, 0.2) is 48.5 Å². The first-order chi connectivity index (χ1) is 13.6. The van der Waals surface area contributed by atoms with Crippen LogP contribution in [0.5, 0.6) is 0 Å². The van der Waals surface area contributed by atoms with Gasteiger partial charge >= 0.3 is 12.1 Å². The Balaban J connectivity index is 1.34. The third kappa shape index (κ3) is 2.53. The number of aliphatic carboxylic acids is 1. The molecule has 1 heterocycles. The molecule has 144 valence electrons. The lowest BCUT2D eigenvalue weighted by molar-refractivity contribution is -0.145. The number of benzene rings is 2. The van der Waals surface area contributed by atoms with Crippen molar-refractivity contribution in [2.24, 2.45) is 5.41 Å². The number of hydrogen-bond donors (Lipinski definition) is 1. The maximum Gasteiger partial charge on any atom is 0.410 e. The summed E-state index contributed by atoms with van der Waals surface area (Å²) in [4.78, 5) is 26.2. The number of rotatable bonds is 4. The van der Waals surface area contributed by atoms with Crippen molar-refractivity contribution in [2.75, 3.05) is 13.2 Å². The molecular formula is C23H23NO4. The van der Waals surface area contributed by atoms with Gasteiger partial charge < -0.3 is 14.7 Å². The van der Waals surface area contributed by atoms with E-state index in [9.17, 15) is 14.7 Å². The van der Waals surface area contributed by atoms with Gasteiger partial charge in [0, 0.05) is 12.5 Å². The van der Waals surface area contributed by atoms with Crippen molar-refractivity contribution in [3.05, 3.63) is 59.7 Å². The van der Waals surface area contributed by atoms with Crippen molar-refractivity contribution in [3.8, 4) is 11.1 Å². The standard InChI is InChI=1S/C23H23NO4/c25-21(26)23(11-12-23)20-10-5-13-24(20)22(27)28-14-19-17-8-3-1-6-15(17)16-7-2-4-9-18(16)19/h1-4,6-9,19-20H,5,10-14H2,(H,25,26). The third-order valence-corrected chi connectivity index (χ3v) is 6.68. The zero-order valence-corrected chi connectivity index (χ0v) is 15.6. The first-order valence-electron chi connectivity index (χ1n) is 9.97. The zero-order valence-electron chi connectivity index (χ0n) is 15.6. The van der Waals surface area contributed by atoms with E-state index >= 15 is 0 Å². The van der Waals surface area contributed by atoms with Crippen LogP contribution in [0.25, 0.3) is 11.1 Å². The SMILES string of the molecule is O=C(OCC1c2ccccc2-c2ccccc21)N1CCCC1C1(C(=O)O)CC1. The molecule has 28 heavy (non-hydrogen) atoms. The van der Waals surface area contributed by atoms with E-state index in [0.29, 0.717) is 19.4 Å². The molecule has 5 nitrogen and oxygen atoms in total. The molecule has 2 fully saturated rings. The minimum Gasteiger partial charge on any atom is -0.481 e. The molecule has 0 bridgehead atoms. The first-order valence-corrected chi connectivity index (χ1v) is 9.97. The van der Waals surface area contributed by atoms with Gasteiger partial charge in [0.1, 0.15) is 6.61 Å². The fraction of sp³-hybridized carbons (Fsp3) is 0.391. The van der Waals surface area contributed by atoms with Crippen molar-refractivity contribution >= 4 is 12.1 Å². The van der Waals surface area contributed by atoms with Crippen molar-refractivity contribution in [2.45, 2.75) is 37.6 Å². The predicted octanol–water partition coefficient (Wildman–Crippen LogP) is 4.26. The maximum absolute atomic E-state index is 12.8. The number of likely N-dealkylation sites (tertiary alicyclic amines) is 1. The number of carbonyl (C=O) groups excluding carboxylic acids is 1. The van der Waals surface area contributed by atoms with E-state index in [4.69, 9.17) is 4.74 Å². The number of amides is 1. The number of carboxylic acid groups (broad SMARTS) is 1. The normalized spacial score (nSPS) is 21.9. The third-order valence-electron chi connectivity index (χ3n) is 6.68. The summed E-state index contributed by atoms with van der Waals surface area (Å²) in [7, 11) is 0. The smallest absolute Gasteiger partial charge is 0.410 e. The molecule has 2 aromatic rings. The molecule has 0 spiro atoms. The maximum atomic E-state index is 12.8. The van der Waals surface area contributed by atoms with E-state index in [1.165, 1.54) is 22.3 Å². The summed E-state index contributed by atoms with van der Waals surface area (Å²) in [6.07, 6.45) is 2.51. The van der Waals surface area contributed by atoms with Crippen LogP contribution in [0.4, 0.5) is 4.79 Å². The summed E-state index contributed by atoms with van der Waals surface area (Å²) >= 11 is 0. The highest BCUT2D eigenvalue weighted by Gasteiger charge is 2.59. The quantitative estimate of drug-likeness (QED) is 0.864. The van der Waals surface area contributed by atoms with Crippen LogP contribution in [-0.2, 0) is 9.53 Å².